The average molecular weight is 391 g/mol. The molecule has 1 aromatic carbocycles. The Hall–Kier alpha value is -3.07. The predicted octanol–water partition coefficient (Wildman–Crippen LogP) is 3.41. The highest BCUT2D eigenvalue weighted by Crippen LogP contribution is 2.31. The van der Waals surface area contributed by atoms with E-state index < -0.39 is 17.8 Å². The molecule has 28 heavy (non-hydrogen) atoms. The van der Waals surface area contributed by atoms with Gasteiger partial charge in [-0.2, -0.15) is 18.3 Å². The van der Waals surface area contributed by atoms with Crippen molar-refractivity contribution in [1.82, 2.24) is 15.1 Å². The Kier molecular flexibility index (Phi) is 4.68. The van der Waals surface area contributed by atoms with Gasteiger partial charge in [0.15, 0.2) is 0 Å². The summed E-state index contributed by atoms with van der Waals surface area (Å²) < 4.78 is 50.5. The molecule has 0 radical (unpaired) electrons. The van der Waals surface area contributed by atoms with Gasteiger partial charge in [-0.15, -0.1) is 0 Å². The lowest BCUT2D eigenvalue weighted by Gasteiger charge is -2.24. The molecule has 1 unspecified atom stereocenters. The molecule has 0 aliphatic carbocycles. The van der Waals surface area contributed by atoms with Crippen LogP contribution in [0, 0.1) is 0 Å². The number of benzene rings is 1. The summed E-state index contributed by atoms with van der Waals surface area (Å²) in [6.45, 7) is 0.538. The zero-order valence-electron chi connectivity index (χ0n) is 14.6. The number of amides is 1. The monoisotopic (exact) mass is 391 g/mol. The number of carbonyl (C=O) groups excluding carboxylic acids is 1. The second-order valence-electron chi connectivity index (χ2n) is 6.39. The maximum absolute atomic E-state index is 12.8. The van der Waals surface area contributed by atoms with Gasteiger partial charge in [-0.05, 0) is 36.4 Å². The Morgan fingerprint density at radius 3 is 2.71 bits per heavy atom. The number of nitrogens with one attached hydrogen (secondary N) is 1. The lowest BCUT2D eigenvalue weighted by Crippen LogP contribution is -2.35. The van der Waals surface area contributed by atoms with Gasteiger partial charge in [0, 0.05) is 5.56 Å². The molecule has 1 aliphatic rings. The fourth-order valence-electron chi connectivity index (χ4n) is 3.14. The van der Waals surface area contributed by atoms with E-state index in [1.807, 2.05) is 0 Å². The van der Waals surface area contributed by atoms with Crippen LogP contribution in [0.25, 0.3) is 5.69 Å². The lowest BCUT2D eigenvalue weighted by atomic mass is 10.1. The zero-order valence-corrected chi connectivity index (χ0v) is 14.6. The van der Waals surface area contributed by atoms with Crippen LogP contribution in [0.5, 0.6) is 0 Å². The number of halogens is 3. The fraction of sp³-hybridized carbons (Fsp3) is 0.263. The van der Waals surface area contributed by atoms with Crippen LogP contribution in [-0.2, 0) is 28.7 Å². The number of furan rings is 1. The van der Waals surface area contributed by atoms with E-state index in [4.69, 9.17) is 9.15 Å². The average Bonchev–Trinajstić information content (AvgIpc) is 3.31. The van der Waals surface area contributed by atoms with Crippen molar-refractivity contribution in [2.45, 2.75) is 25.2 Å². The van der Waals surface area contributed by atoms with Crippen molar-refractivity contribution in [3.63, 3.8) is 0 Å². The third-order valence-corrected chi connectivity index (χ3v) is 4.49. The molecule has 0 spiro atoms. The van der Waals surface area contributed by atoms with Crippen LogP contribution in [0.15, 0.2) is 53.3 Å². The van der Waals surface area contributed by atoms with Gasteiger partial charge in [-0.1, -0.05) is 0 Å². The number of hydrogen-bond acceptors (Lipinski definition) is 4. The van der Waals surface area contributed by atoms with Crippen LogP contribution in [0.3, 0.4) is 0 Å². The molecule has 2 aromatic heterocycles. The maximum atomic E-state index is 12.8. The summed E-state index contributed by atoms with van der Waals surface area (Å²) in [5.74, 6) is 0.327. The molecule has 146 valence electrons. The Balaban J connectivity index is 1.53. The summed E-state index contributed by atoms with van der Waals surface area (Å²) in [4.78, 5) is 12.2. The molecule has 6 nitrogen and oxygen atoms in total. The second kappa shape index (κ2) is 7.16. The van der Waals surface area contributed by atoms with E-state index in [1.165, 1.54) is 23.1 Å². The van der Waals surface area contributed by atoms with Crippen LogP contribution in [0.2, 0.25) is 0 Å². The van der Waals surface area contributed by atoms with Crippen LogP contribution >= 0.6 is 0 Å². The number of ether oxygens (including phenoxy) is 1. The van der Waals surface area contributed by atoms with Gasteiger partial charge in [-0.25, -0.2) is 4.68 Å². The first-order chi connectivity index (χ1) is 13.4. The first-order valence-electron chi connectivity index (χ1n) is 8.56. The molecular weight excluding hydrogens is 375 g/mol. The molecule has 0 saturated heterocycles. The minimum absolute atomic E-state index is 0.103. The van der Waals surface area contributed by atoms with Crippen molar-refractivity contribution in [2.75, 3.05) is 6.61 Å². The highest BCUT2D eigenvalue weighted by Gasteiger charge is 2.31. The summed E-state index contributed by atoms with van der Waals surface area (Å²) in [6, 6.07) is 7.76. The molecule has 1 aliphatic heterocycles. The van der Waals surface area contributed by atoms with Gasteiger partial charge in [0.1, 0.15) is 5.76 Å². The molecular formula is C19H16F3N3O3. The molecule has 4 rings (SSSR count). The van der Waals surface area contributed by atoms with Crippen molar-refractivity contribution in [3.8, 4) is 5.69 Å². The minimum atomic E-state index is -4.39. The third-order valence-electron chi connectivity index (χ3n) is 4.49. The Morgan fingerprint density at radius 1 is 1.25 bits per heavy atom. The third kappa shape index (κ3) is 3.65. The van der Waals surface area contributed by atoms with E-state index in [-0.39, 0.29) is 25.5 Å². The maximum Gasteiger partial charge on any atom is 0.416 e. The minimum Gasteiger partial charge on any atom is -0.469 e. The topological polar surface area (TPSA) is 69.3 Å². The highest BCUT2D eigenvalue weighted by atomic mass is 19.4. The highest BCUT2D eigenvalue weighted by molar-refractivity contribution is 5.78. The molecule has 3 heterocycles. The number of carbonyl (C=O) groups is 1. The molecule has 1 amide bonds. The normalized spacial score (nSPS) is 16.6. The number of nitrogens with zero attached hydrogens (tertiary/aromatic N) is 2. The Labute approximate surface area is 157 Å². The quantitative estimate of drug-likeness (QED) is 0.740. The van der Waals surface area contributed by atoms with Crippen LogP contribution < -0.4 is 5.32 Å². The number of alkyl halides is 3. The molecule has 0 bridgehead atoms. The van der Waals surface area contributed by atoms with E-state index in [0.29, 0.717) is 17.1 Å². The zero-order chi connectivity index (χ0) is 19.7. The summed E-state index contributed by atoms with van der Waals surface area (Å²) >= 11 is 0. The smallest absolute Gasteiger partial charge is 0.416 e. The van der Waals surface area contributed by atoms with Gasteiger partial charge in [0.05, 0.1) is 55.1 Å². The van der Waals surface area contributed by atoms with Crippen molar-refractivity contribution in [2.24, 2.45) is 0 Å². The lowest BCUT2D eigenvalue weighted by molar-refractivity contribution is -0.137. The molecule has 1 atom stereocenters. The number of rotatable bonds is 4. The largest absolute Gasteiger partial charge is 0.469 e. The van der Waals surface area contributed by atoms with E-state index in [9.17, 15) is 18.0 Å². The van der Waals surface area contributed by atoms with E-state index >= 15 is 0 Å². The Morgan fingerprint density at radius 2 is 2.04 bits per heavy atom. The van der Waals surface area contributed by atoms with E-state index in [2.05, 4.69) is 10.4 Å². The van der Waals surface area contributed by atoms with E-state index in [1.54, 1.807) is 18.3 Å². The van der Waals surface area contributed by atoms with Crippen LogP contribution in [0.4, 0.5) is 13.2 Å². The Bertz CT molecular complexity index is 963. The van der Waals surface area contributed by atoms with Crippen molar-refractivity contribution >= 4 is 5.91 Å². The predicted molar refractivity (Wildman–Crippen MR) is 91.5 cm³/mol. The van der Waals surface area contributed by atoms with Crippen molar-refractivity contribution in [3.05, 3.63) is 71.4 Å². The summed E-state index contributed by atoms with van der Waals surface area (Å²) in [5, 5.41) is 7.16. The van der Waals surface area contributed by atoms with E-state index in [0.717, 1.165) is 17.7 Å². The fourth-order valence-corrected chi connectivity index (χ4v) is 3.14. The molecule has 3 aromatic rings. The SMILES string of the molecule is O=C(Cc1ccco1)NC1COCc2c1cnn2-c1ccc(C(F)(F)F)cc1. The van der Waals surface area contributed by atoms with Gasteiger partial charge >= 0.3 is 6.18 Å². The number of hydrogen-bond donors (Lipinski definition) is 1. The summed E-state index contributed by atoms with van der Waals surface area (Å²) in [6.07, 6.45) is -1.19. The number of fused-ring (bicyclic) bond motifs is 1. The van der Waals surface area contributed by atoms with Crippen molar-refractivity contribution < 1.29 is 27.1 Å². The standard InChI is InChI=1S/C19H16F3N3O3/c20-19(21,22)12-3-5-13(6-4-12)25-17-11-27-10-16(15(17)9-23-25)24-18(26)8-14-2-1-7-28-14/h1-7,9,16H,8,10-11H2,(H,24,26). The first kappa shape index (κ1) is 18.3. The molecule has 1 N–H and O–H groups in total. The molecule has 0 saturated carbocycles. The summed E-state index contributed by atoms with van der Waals surface area (Å²) in [5.41, 5.74) is 1.23. The summed E-state index contributed by atoms with van der Waals surface area (Å²) in [7, 11) is 0. The van der Waals surface area contributed by atoms with Crippen molar-refractivity contribution in [1.29, 1.82) is 0 Å². The second-order valence-corrected chi connectivity index (χ2v) is 6.39. The van der Waals surface area contributed by atoms with Crippen LogP contribution in [-0.4, -0.2) is 22.3 Å². The van der Waals surface area contributed by atoms with Gasteiger partial charge in [0.2, 0.25) is 5.91 Å². The number of aromatic nitrogens is 2. The molecule has 9 heteroatoms. The van der Waals surface area contributed by atoms with Gasteiger partial charge in [0.25, 0.3) is 0 Å². The van der Waals surface area contributed by atoms with Crippen LogP contribution in [0.1, 0.15) is 28.6 Å². The van der Waals surface area contributed by atoms with Gasteiger partial charge < -0.3 is 14.5 Å². The van der Waals surface area contributed by atoms with Gasteiger partial charge in [-0.3, -0.25) is 4.79 Å². The molecule has 0 fully saturated rings. The first-order valence-corrected chi connectivity index (χ1v) is 8.56.